The second-order valence-electron chi connectivity index (χ2n) is 4.93. The molecule has 0 aliphatic heterocycles. The van der Waals surface area contributed by atoms with Crippen LogP contribution in [0.2, 0.25) is 0 Å². The average Bonchev–Trinajstić information content (AvgIpc) is 2.28. The SMILES string of the molecule is CC(C)CN(CC(F)(F)F)C(=O)c1ccc(N)c(Br)c1. The molecule has 0 heterocycles. The van der Waals surface area contributed by atoms with E-state index >= 15 is 0 Å². The first-order chi connectivity index (χ1) is 9.10. The maximum absolute atomic E-state index is 12.6. The van der Waals surface area contributed by atoms with Crippen molar-refractivity contribution in [1.29, 1.82) is 0 Å². The van der Waals surface area contributed by atoms with Crippen molar-refractivity contribution < 1.29 is 18.0 Å². The highest BCUT2D eigenvalue weighted by atomic mass is 79.9. The third kappa shape index (κ3) is 5.03. The van der Waals surface area contributed by atoms with Gasteiger partial charge in [-0.15, -0.1) is 0 Å². The Balaban J connectivity index is 2.99. The van der Waals surface area contributed by atoms with Crippen LogP contribution in [0.4, 0.5) is 18.9 Å². The van der Waals surface area contributed by atoms with E-state index in [0.29, 0.717) is 10.2 Å². The summed E-state index contributed by atoms with van der Waals surface area (Å²) in [7, 11) is 0. The number of hydrogen-bond acceptors (Lipinski definition) is 2. The van der Waals surface area contributed by atoms with Crippen LogP contribution in [0, 0.1) is 5.92 Å². The van der Waals surface area contributed by atoms with Crippen LogP contribution < -0.4 is 5.73 Å². The van der Waals surface area contributed by atoms with Gasteiger partial charge >= 0.3 is 6.18 Å². The van der Waals surface area contributed by atoms with Crippen LogP contribution in [0.3, 0.4) is 0 Å². The molecule has 0 radical (unpaired) electrons. The fourth-order valence-electron chi connectivity index (χ4n) is 1.72. The maximum atomic E-state index is 12.6. The number of nitrogens with two attached hydrogens (primary N) is 1. The summed E-state index contributed by atoms with van der Waals surface area (Å²) in [6, 6.07) is 4.34. The summed E-state index contributed by atoms with van der Waals surface area (Å²) in [4.78, 5) is 13.0. The second-order valence-corrected chi connectivity index (χ2v) is 5.79. The van der Waals surface area contributed by atoms with E-state index in [0.717, 1.165) is 4.90 Å². The maximum Gasteiger partial charge on any atom is 0.406 e. The Morgan fingerprint density at radius 3 is 2.45 bits per heavy atom. The second kappa shape index (κ2) is 6.47. The van der Waals surface area contributed by atoms with Gasteiger partial charge in [-0.2, -0.15) is 13.2 Å². The van der Waals surface area contributed by atoms with Crippen molar-refractivity contribution in [2.75, 3.05) is 18.8 Å². The van der Waals surface area contributed by atoms with E-state index in [1.54, 1.807) is 13.8 Å². The van der Waals surface area contributed by atoms with Crippen molar-refractivity contribution >= 4 is 27.5 Å². The third-order valence-corrected chi connectivity index (χ3v) is 3.18. The van der Waals surface area contributed by atoms with Gasteiger partial charge in [-0.25, -0.2) is 0 Å². The zero-order chi connectivity index (χ0) is 15.5. The number of benzene rings is 1. The summed E-state index contributed by atoms with van der Waals surface area (Å²) in [5.41, 5.74) is 6.20. The Labute approximate surface area is 124 Å². The first-order valence-electron chi connectivity index (χ1n) is 6.01. The molecule has 0 atom stereocenters. The lowest BCUT2D eigenvalue weighted by atomic mass is 10.1. The van der Waals surface area contributed by atoms with Gasteiger partial charge in [0.1, 0.15) is 6.54 Å². The van der Waals surface area contributed by atoms with Crippen molar-refractivity contribution in [2.45, 2.75) is 20.0 Å². The van der Waals surface area contributed by atoms with Crippen LogP contribution in [0.1, 0.15) is 24.2 Å². The number of alkyl halides is 3. The van der Waals surface area contributed by atoms with Crippen LogP contribution in [-0.2, 0) is 0 Å². The van der Waals surface area contributed by atoms with E-state index in [1.807, 2.05) is 0 Å². The summed E-state index contributed by atoms with van der Waals surface area (Å²) in [6.07, 6.45) is -4.42. The largest absolute Gasteiger partial charge is 0.406 e. The Hall–Kier alpha value is -1.24. The molecule has 1 aromatic rings. The monoisotopic (exact) mass is 352 g/mol. The molecule has 1 rings (SSSR count). The topological polar surface area (TPSA) is 46.3 Å². The molecule has 0 saturated heterocycles. The molecule has 0 fully saturated rings. The first kappa shape index (κ1) is 16.8. The van der Waals surface area contributed by atoms with Gasteiger partial charge in [0.15, 0.2) is 0 Å². The average molecular weight is 353 g/mol. The molecule has 0 aliphatic rings. The lowest BCUT2D eigenvalue weighted by Gasteiger charge is -2.26. The molecule has 0 spiro atoms. The highest BCUT2D eigenvalue weighted by Gasteiger charge is 2.33. The first-order valence-corrected chi connectivity index (χ1v) is 6.80. The molecule has 0 aliphatic carbocycles. The normalized spacial score (nSPS) is 11.8. The predicted molar refractivity (Wildman–Crippen MR) is 75.4 cm³/mol. The molecule has 0 saturated carbocycles. The number of hydrogen-bond donors (Lipinski definition) is 1. The molecular formula is C13H16BrF3N2O. The van der Waals surface area contributed by atoms with Crippen LogP contribution >= 0.6 is 15.9 Å². The van der Waals surface area contributed by atoms with Crippen LogP contribution in [0.15, 0.2) is 22.7 Å². The molecule has 2 N–H and O–H groups in total. The quantitative estimate of drug-likeness (QED) is 0.840. The predicted octanol–water partition coefficient (Wildman–Crippen LogP) is 3.69. The highest BCUT2D eigenvalue weighted by molar-refractivity contribution is 9.10. The van der Waals surface area contributed by atoms with Gasteiger partial charge < -0.3 is 10.6 Å². The minimum absolute atomic E-state index is 0.0420. The lowest BCUT2D eigenvalue weighted by Crippen LogP contribution is -2.41. The minimum atomic E-state index is -4.42. The van der Waals surface area contributed by atoms with Gasteiger partial charge in [0.2, 0.25) is 0 Å². The molecule has 0 unspecified atom stereocenters. The number of nitrogens with zero attached hydrogens (tertiary/aromatic N) is 1. The molecule has 7 heteroatoms. The number of carbonyl (C=O) groups is 1. The highest BCUT2D eigenvalue weighted by Crippen LogP contribution is 2.23. The van der Waals surface area contributed by atoms with E-state index in [4.69, 9.17) is 5.73 Å². The van der Waals surface area contributed by atoms with Gasteiger partial charge in [0.05, 0.1) is 0 Å². The molecule has 20 heavy (non-hydrogen) atoms. The minimum Gasteiger partial charge on any atom is -0.398 e. The van der Waals surface area contributed by atoms with E-state index in [9.17, 15) is 18.0 Å². The molecule has 1 amide bonds. The van der Waals surface area contributed by atoms with Crippen LogP contribution in [-0.4, -0.2) is 30.1 Å². The van der Waals surface area contributed by atoms with E-state index in [2.05, 4.69) is 15.9 Å². The number of nitrogen functional groups attached to an aromatic ring is 1. The van der Waals surface area contributed by atoms with Gasteiger partial charge in [0, 0.05) is 22.3 Å². The fraction of sp³-hybridized carbons (Fsp3) is 0.462. The van der Waals surface area contributed by atoms with Crippen molar-refractivity contribution in [3.05, 3.63) is 28.2 Å². The fourth-order valence-corrected chi connectivity index (χ4v) is 2.10. The Bertz CT molecular complexity index is 489. The van der Waals surface area contributed by atoms with Gasteiger partial charge in [0.25, 0.3) is 5.91 Å². The Kier molecular flexibility index (Phi) is 5.44. The van der Waals surface area contributed by atoms with Crippen molar-refractivity contribution in [3.8, 4) is 0 Å². The molecule has 0 aromatic heterocycles. The molecule has 3 nitrogen and oxygen atoms in total. The van der Waals surface area contributed by atoms with Crippen molar-refractivity contribution in [2.24, 2.45) is 5.92 Å². The van der Waals surface area contributed by atoms with Crippen LogP contribution in [0.5, 0.6) is 0 Å². The number of halogens is 4. The van der Waals surface area contributed by atoms with Gasteiger partial charge in [-0.3, -0.25) is 4.79 Å². The summed E-state index contributed by atoms with van der Waals surface area (Å²) >= 11 is 3.16. The zero-order valence-electron chi connectivity index (χ0n) is 11.2. The lowest BCUT2D eigenvalue weighted by molar-refractivity contribution is -0.141. The third-order valence-electron chi connectivity index (χ3n) is 2.49. The summed E-state index contributed by atoms with van der Waals surface area (Å²) in [6.45, 7) is 2.30. The van der Waals surface area contributed by atoms with E-state index < -0.39 is 18.6 Å². The van der Waals surface area contributed by atoms with Crippen molar-refractivity contribution in [1.82, 2.24) is 4.90 Å². The molecule has 0 bridgehead atoms. The molecule has 112 valence electrons. The van der Waals surface area contributed by atoms with Gasteiger partial charge in [-0.05, 0) is 40.0 Å². The summed E-state index contributed by atoms with van der Waals surface area (Å²) in [5.74, 6) is -0.713. The number of anilines is 1. The van der Waals surface area contributed by atoms with Crippen molar-refractivity contribution in [3.63, 3.8) is 0 Å². The smallest absolute Gasteiger partial charge is 0.398 e. The zero-order valence-corrected chi connectivity index (χ0v) is 12.8. The number of rotatable bonds is 4. The summed E-state index contributed by atoms with van der Waals surface area (Å²) < 4.78 is 38.1. The summed E-state index contributed by atoms with van der Waals surface area (Å²) in [5, 5.41) is 0. The number of carbonyl (C=O) groups excluding carboxylic acids is 1. The van der Waals surface area contributed by atoms with E-state index in [1.165, 1.54) is 18.2 Å². The van der Waals surface area contributed by atoms with Crippen LogP contribution in [0.25, 0.3) is 0 Å². The number of amides is 1. The molecular weight excluding hydrogens is 337 g/mol. The Morgan fingerprint density at radius 1 is 1.40 bits per heavy atom. The van der Waals surface area contributed by atoms with E-state index in [-0.39, 0.29) is 18.0 Å². The molecule has 1 aromatic carbocycles. The Morgan fingerprint density at radius 2 is 2.00 bits per heavy atom. The standard InChI is InChI=1S/C13H16BrF3N2O/c1-8(2)6-19(7-13(15,16)17)12(20)9-3-4-11(18)10(14)5-9/h3-5,8H,6-7,18H2,1-2H3. The van der Waals surface area contributed by atoms with Gasteiger partial charge in [-0.1, -0.05) is 13.8 Å².